The number of nitrogens with zero attached hydrogens (tertiary/aromatic N) is 6. The van der Waals surface area contributed by atoms with Gasteiger partial charge in [-0.1, -0.05) is 60.7 Å². The number of non-ortho nitro benzene ring substituents is 1. The van der Waals surface area contributed by atoms with Crippen LogP contribution in [0.2, 0.25) is 0 Å². The van der Waals surface area contributed by atoms with Gasteiger partial charge >= 0.3 is 12.1 Å². The first kappa shape index (κ1) is 36.0. The number of likely N-dealkylation sites (N-methyl/N-ethyl adjacent to an activating group) is 1. The number of likely N-dealkylation sites (tertiary alicyclic amines) is 1. The first-order valence-electron chi connectivity index (χ1n) is 17.3. The zero-order chi connectivity index (χ0) is 37.0. The summed E-state index contributed by atoms with van der Waals surface area (Å²) in [5, 5.41) is 22.6. The van der Waals surface area contributed by atoms with Gasteiger partial charge in [0.15, 0.2) is 5.82 Å². The molecule has 272 valence electrons. The number of nitrogens with one attached hydrogen (secondary N) is 2. The molecule has 2 aliphatic heterocycles. The van der Waals surface area contributed by atoms with Crippen molar-refractivity contribution in [3.8, 4) is 0 Å². The quantitative estimate of drug-likeness (QED) is 0.155. The molecule has 1 aromatic heterocycles. The Bertz CT molecular complexity index is 1910. The van der Waals surface area contributed by atoms with Crippen molar-refractivity contribution in [2.24, 2.45) is 0 Å². The molecule has 0 aliphatic carbocycles. The number of hydrogen-bond acceptors (Lipinski definition) is 9. The van der Waals surface area contributed by atoms with Crippen LogP contribution in [0.4, 0.5) is 21.1 Å². The molecular weight excluding hydrogens is 664 g/mol. The predicted molar refractivity (Wildman–Crippen MR) is 195 cm³/mol. The van der Waals surface area contributed by atoms with Gasteiger partial charge in [-0.15, -0.1) is 5.10 Å². The smallest absolute Gasteiger partial charge is 0.435 e. The van der Waals surface area contributed by atoms with Crippen LogP contribution in [0, 0.1) is 10.1 Å². The molecule has 2 N–H and O–H groups in total. The number of urea groups is 1. The summed E-state index contributed by atoms with van der Waals surface area (Å²) in [6.45, 7) is 5.48. The van der Waals surface area contributed by atoms with Crippen LogP contribution in [-0.4, -0.2) is 87.2 Å². The van der Waals surface area contributed by atoms with Crippen molar-refractivity contribution in [2.45, 2.75) is 57.5 Å². The SMILES string of the molecule is CN(C)CC(NC(=O)N1Cc2c(NC3CCCN(C(=O)c4ccc([N+](=O)[O-])cc4)C3)nn(C(=O)OCc3ccccc3)c2C1(C)C)c1ccccc1. The zero-order valence-electron chi connectivity index (χ0n) is 29.8. The molecule has 1 fully saturated rings. The lowest BCUT2D eigenvalue weighted by molar-refractivity contribution is -0.384. The molecule has 2 atom stereocenters. The number of piperidine rings is 1. The number of aromatic nitrogens is 2. The minimum absolute atomic E-state index is 0.0489. The number of nitro groups is 1. The fourth-order valence-corrected chi connectivity index (χ4v) is 6.96. The monoisotopic (exact) mass is 708 g/mol. The Morgan fingerprint density at radius 3 is 2.35 bits per heavy atom. The van der Waals surface area contributed by atoms with Crippen molar-refractivity contribution in [2.75, 3.05) is 39.0 Å². The van der Waals surface area contributed by atoms with Crippen LogP contribution in [0.1, 0.15) is 65.5 Å². The molecular formula is C38H44N8O6. The normalized spacial score (nSPS) is 17.0. The third-order valence-corrected chi connectivity index (χ3v) is 9.60. The highest BCUT2D eigenvalue weighted by molar-refractivity contribution is 5.94. The van der Waals surface area contributed by atoms with Gasteiger partial charge in [-0.25, -0.2) is 9.59 Å². The van der Waals surface area contributed by atoms with E-state index in [0.717, 1.165) is 17.5 Å². The number of ether oxygens (including phenoxy) is 1. The van der Waals surface area contributed by atoms with Crippen molar-refractivity contribution >= 4 is 29.5 Å². The standard InChI is InChI=1S/C38H44N8O6/c1-38(2)33-31(23-44(38)36(48)40-32(24-42(3)4)27-14-9-6-10-15-27)34(41-45(33)37(49)52-25-26-12-7-5-8-13-26)39-29-16-11-21-43(22-29)35(47)28-17-19-30(20-18-28)46(50)51/h5-10,12-15,17-20,29,32H,11,16,21-25H2,1-4H3,(H,39,41)(H,40,48). The average Bonchev–Trinajstić information content (AvgIpc) is 3.65. The summed E-state index contributed by atoms with van der Waals surface area (Å²) in [6.07, 6.45) is 0.781. The minimum atomic E-state index is -0.956. The molecule has 0 bridgehead atoms. The summed E-state index contributed by atoms with van der Waals surface area (Å²) in [6, 6.07) is 24.0. The molecule has 2 aliphatic rings. The van der Waals surface area contributed by atoms with Gasteiger partial charge in [-0.3, -0.25) is 14.9 Å². The molecule has 52 heavy (non-hydrogen) atoms. The van der Waals surface area contributed by atoms with Crippen molar-refractivity contribution in [3.63, 3.8) is 0 Å². The van der Waals surface area contributed by atoms with E-state index in [0.29, 0.717) is 48.7 Å². The number of carbonyl (C=O) groups excluding carboxylic acids is 3. The maximum atomic E-state index is 14.1. The maximum absolute atomic E-state index is 14.1. The van der Waals surface area contributed by atoms with Crippen molar-refractivity contribution < 1.29 is 24.0 Å². The van der Waals surface area contributed by atoms with Crippen LogP contribution < -0.4 is 10.6 Å². The molecule has 2 unspecified atom stereocenters. The first-order valence-corrected chi connectivity index (χ1v) is 17.3. The number of hydrogen-bond donors (Lipinski definition) is 2. The second-order valence-electron chi connectivity index (χ2n) is 14.0. The van der Waals surface area contributed by atoms with Crippen molar-refractivity contribution in [3.05, 3.63) is 123 Å². The van der Waals surface area contributed by atoms with Crippen LogP contribution in [0.25, 0.3) is 0 Å². The highest BCUT2D eigenvalue weighted by Crippen LogP contribution is 2.43. The Balaban J connectivity index is 1.26. The summed E-state index contributed by atoms with van der Waals surface area (Å²) in [5.74, 6) is 0.217. The van der Waals surface area contributed by atoms with Crippen molar-refractivity contribution in [1.82, 2.24) is 29.8 Å². The first-order chi connectivity index (χ1) is 24.9. The summed E-state index contributed by atoms with van der Waals surface area (Å²) in [7, 11) is 3.91. The second kappa shape index (κ2) is 15.2. The number of anilines is 1. The Hall–Kier alpha value is -5.76. The number of carbonyl (C=O) groups is 3. The Kier molecular flexibility index (Phi) is 10.6. The van der Waals surface area contributed by atoms with Crippen LogP contribution >= 0.6 is 0 Å². The van der Waals surface area contributed by atoms with Gasteiger partial charge in [-0.05, 0) is 64.0 Å². The Morgan fingerprint density at radius 2 is 1.69 bits per heavy atom. The molecule has 0 radical (unpaired) electrons. The lowest BCUT2D eigenvalue weighted by atomic mass is 10.00. The van der Waals surface area contributed by atoms with E-state index in [1.54, 1.807) is 9.80 Å². The summed E-state index contributed by atoms with van der Waals surface area (Å²) in [4.78, 5) is 57.3. The number of amides is 3. The molecule has 14 nitrogen and oxygen atoms in total. The molecule has 4 aromatic rings. The van der Waals surface area contributed by atoms with Crippen molar-refractivity contribution in [1.29, 1.82) is 0 Å². The van der Waals surface area contributed by atoms with Gasteiger partial charge in [0.25, 0.3) is 11.6 Å². The van der Waals surface area contributed by atoms with Crippen LogP contribution in [0.15, 0.2) is 84.9 Å². The molecule has 0 saturated carbocycles. The van der Waals surface area contributed by atoms with E-state index in [1.165, 1.54) is 28.9 Å². The third kappa shape index (κ3) is 7.76. The third-order valence-electron chi connectivity index (χ3n) is 9.60. The van der Waals surface area contributed by atoms with E-state index in [1.807, 2.05) is 93.5 Å². The van der Waals surface area contributed by atoms with E-state index in [-0.39, 0.29) is 42.9 Å². The summed E-state index contributed by atoms with van der Waals surface area (Å²) in [5.41, 5.74) is 2.36. The zero-order valence-corrected chi connectivity index (χ0v) is 29.8. The number of fused-ring (bicyclic) bond motifs is 1. The average molecular weight is 709 g/mol. The molecule has 3 amide bonds. The van der Waals surface area contributed by atoms with Gasteiger partial charge in [0.2, 0.25) is 0 Å². The number of benzene rings is 3. The molecule has 0 spiro atoms. The van der Waals surface area contributed by atoms with E-state index in [9.17, 15) is 24.5 Å². The predicted octanol–water partition coefficient (Wildman–Crippen LogP) is 5.76. The van der Waals surface area contributed by atoms with Gasteiger partial charge < -0.3 is 30.1 Å². The lowest BCUT2D eigenvalue weighted by Gasteiger charge is -2.35. The lowest BCUT2D eigenvalue weighted by Crippen LogP contribution is -2.49. The van der Waals surface area contributed by atoms with Crippen LogP contribution in [-0.2, 0) is 23.4 Å². The van der Waals surface area contributed by atoms with E-state index in [2.05, 4.69) is 10.6 Å². The molecule has 3 heterocycles. The van der Waals surface area contributed by atoms with E-state index < -0.39 is 16.6 Å². The van der Waals surface area contributed by atoms with Gasteiger partial charge in [0.1, 0.15) is 6.61 Å². The molecule has 14 heteroatoms. The van der Waals surface area contributed by atoms with E-state index >= 15 is 0 Å². The second-order valence-corrected chi connectivity index (χ2v) is 14.0. The molecule has 6 rings (SSSR count). The fourth-order valence-electron chi connectivity index (χ4n) is 6.96. The fraction of sp³-hybridized carbons (Fsp3) is 0.368. The number of nitro benzene ring substituents is 1. The maximum Gasteiger partial charge on any atom is 0.435 e. The van der Waals surface area contributed by atoms with Gasteiger partial charge in [0, 0.05) is 48.9 Å². The summed E-state index contributed by atoms with van der Waals surface area (Å²) >= 11 is 0. The van der Waals surface area contributed by atoms with Gasteiger partial charge in [0.05, 0.1) is 28.7 Å². The topological polar surface area (TPSA) is 155 Å². The Morgan fingerprint density at radius 1 is 1.02 bits per heavy atom. The Labute approximate surface area is 302 Å². The van der Waals surface area contributed by atoms with Crippen LogP contribution in [0.5, 0.6) is 0 Å². The van der Waals surface area contributed by atoms with Crippen LogP contribution in [0.3, 0.4) is 0 Å². The van der Waals surface area contributed by atoms with E-state index in [4.69, 9.17) is 9.84 Å². The largest absolute Gasteiger partial charge is 0.443 e. The summed E-state index contributed by atoms with van der Waals surface area (Å²) < 4.78 is 6.99. The molecule has 3 aromatic carbocycles. The molecule has 1 saturated heterocycles. The highest BCUT2D eigenvalue weighted by atomic mass is 16.6. The minimum Gasteiger partial charge on any atom is -0.443 e. The van der Waals surface area contributed by atoms with Gasteiger partial charge in [-0.2, -0.15) is 4.68 Å². The number of rotatable bonds is 10. The highest BCUT2D eigenvalue weighted by Gasteiger charge is 2.47.